The van der Waals surface area contributed by atoms with Crippen LogP contribution in [0.2, 0.25) is 0 Å². The molecular weight excluding hydrogens is 332 g/mol. The first-order valence-electron chi connectivity index (χ1n) is 7.91. The number of nitro benzene ring substituents is 1. The van der Waals surface area contributed by atoms with Crippen LogP contribution in [-0.4, -0.2) is 24.5 Å². The van der Waals surface area contributed by atoms with E-state index in [1.54, 1.807) is 22.8 Å². The molecule has 0 bridgehead atoms. The zero-order valence-corrected chi connectivity index (χ0v) is 13.8. The summed E-state index contributed by atoms with van der Waals surface area (Å²) in [6, 6.07) is 15.9. The number of nitrogens with zero attached hydrogens (tertiary/aromatic N) is 5. The van der Waals surface area contributed by atoms with Gasteiger partial charge in [0.1, 0.15) is 5.52 Å². The Morgan fingerprint density at radius 2 is 1.81 bits per heavy atom. The van der Waals surface area contributed by atoms with Gasteiger partial charge in [-0.15, -0.1) is 5.10 Å². The maximum Gasteiger partial charge on any atom is 0.269 e. The number of hydrogen-bond donors (Lipinski definition) is 1. The van der Waals surface area contributed by atoms with Crippen LogP contribution >= 0.6 is 0 Å². The highest BCUT2D eigenvalue weighted by molar-refractivity contribution is 5.65. The van der Waals surface area contributed by atoms with Gasteiger partial charge in [-0.25, -0.2) is 14.5 Å². The normalized spacial score (nSPS) is 10.8. The molecule has 0 spiro atoms. The number of imidazole rings is 1. The molecule has 2 aromatic carbocycles. The van der Waals surface area contributed by atoms with Crippen molar-refractivity contribution in [2.45, 2.75) is 6.92 Å². The number of fused-ring (bicyclic) bond motifs is 1. The summed E-state index contributed by atoms with van der Waals surface area (Å²) in [6.45, 7) is 1.91. The fourth-order valence-electron chi connectivity index (χ4n) is 2.65. The lowest BCUT2D eigenvalue weighted by Crippen LogP contribution is -2.03. The summed E-state index contributed by atoms with van der Waals surface area (Å²) in [7, 11) is 0. The van der Waals surface area contributed by atoms with E-state index in [-0.39, 0.29) is 5.69 Å². The first-order chi connectivity index (χ1) is 12.6. The van der Waals surface area contributed by atoms with Crippen LogP contribution in [0.5, 0.6) is 0 Å². The van der Waals surface area contributed by atoms with E-state index in [1.807, 2.05) is 37.3 Å². The van der Waals surface area contributed by atoms with Crippen molar-refractivity contribution in [1.29, 1.82) is 0 Å². The lowest BCUT2D eigenvalue weighted by Gasteiger charge is -2.06. The van der Waals surface area contributed by atoms with Crippen LogP contribution in [0.15, 0.2) is 60.8 Å². The van der Waals surface area contributed by atoms with E-state index in [9.17, 15) is 10.1 Å². The zero-order chi connectivity index (χ0) is 18.1. The Morgan fingerprint density at radius 3 is 2.50 bits per heavy atom. The minimum Gasteiger partial charge on any atom is -0.323 e. The van der Waals surface area contributed by atoms with Crippen molar-refractivity contribution in [3.63, 3.8) is 0 Å². The quantitative estimate of drug-likeness (QED) is 0.446. The molecule has 0 aliphatic heterocycles. The highest BCUT2D eigenvalue weighted by Gasteiger charge is 2.13. The third-order valence-corrected chi connectivity index (χ3v) is 3.94. The Bertz CT molecular complexity index is 1090. The van der Waals surface area contributed by atoms with E-state index in [4.69, 9.17) is 0 Å². The molecule has 0 aliphatic carbocycles. The van der Waals surface area contributed by atoms with Crippen LogP contribution in [0.4, 0.5) is 17.3 Å². The van der Waals surface area contributed by atoms with Crippen LogP contribution in [-0.2, 0) is 0 Å². The van der Waals surface area contributed by atoms with Gasteiger partial charge < -0.3 is 5.32 Å². The van der Waals surface area contributed by atoms with Gasteiger partial charge in [-0.2, -0.15) is 0 Å². The second kappa shape index (κ2) is 6.25. The predicted molar refractivity (Wildman–Crippen MR) is 97.3 cm³/mol. The molecule has 0 atom stereocenters. The summed E-state index contributed by atoms with van der Waals surface area (Å²) in [4.78, 5) is 19.2. The fraction of sp³-hybridized carbons (Fsp3) is 0.0556. The third-order valence-electron chi connectivity index (χ3n) is 3.94. The Balaban J connectivity index is 1.72. The number of benzene rings is 2. The zero-order valence-electron chi connectivity index (χ0n) is 13.8. The molecule has 0 fully saturated rings. The van der Waals surface area contributed by atoms with Gasteiger partial charge in [0.05, 0.1) is 16.8 Å². The van der Waals surface area contributed by atoms with Gasteiger partial charge in [0.25, 0.3) is 5.69 Å². The van der Waals surface area contributed by atoms with E-state index in [2.05, 4.69) is 20.4 Å². The average Bonchev–Trinajstić information content (AvgIpc) is 2.99. The van der Waals surface area contributed by atoms with Crippen molar-refractivity contribution in [2.75, 3.05) is 5.32 Å². The minimum atomic E-state index is -0.438. The molecule has 0 saturated carbocycles. The van der Waals surface area contributed by atoms with E-state index in [0.29, 0.717) is 11.6 Å². The van der Waals surface area contributed by atoms with Gasteiger partial charge in [0.15, 0.2) is 5.82 Å². The number of rotatable bonds is 4. The highest BCUT2D eigenvalue weighted by atomic mass is 16.6. The molecule has 0 aliphatic rings. The molecule has 0 saturated heterocycles. The van der Waals surface area contributed by atoms with E-state index in [1.165, 1.54) is 12.1 Å². The van der Waals surface area contributed by atoms with Gasteiger partial charge in [-0.05, 0) is 19.1 Å². The van der Waals surface area contributed by atoms with Gasteiger partial charge >= 0.3 is 0 Å². The summed E-state index contributed by atoms with van der Waals surface area (Å²) in [5, 5.41) is 18.3. The second-order valence-electron chi connectivity index (χ2n) is 5.69. The molecule has 2 heterocycles. The molecule has 0 unspecified atom stereocenters. The maximum absolute atomic E-state index is 10.7. The van der Waals surface area contributed by atoms with E-state index in [0.717, 1.165) is 22.6 Å². The maximum atomic E-state index is 10.7. The van der Waals surface area contributed by atoms with Crippen LogP contribution < -0.4 is 5.32 Å². The Kier molecular flexibility index (Phi) is 3.77. The standard InChI is InChI=1S/C18H14N6O2/c1-12-16-11-19-18(21-14-7-9-15(10-8-14)24(25)26)22-23(16)17(20-12)13-5-3-2-4-6-13/h2-11H,1H3,(H,21,22). The number of non-ortho nitro benzene ring substituents is 1. The van der Waals surface area contributed by atoms with Gasteiger partial charge in [-0.1, -0.05) is 30.3 Å². The lowest BCUT2D eigenvalue weighted by atomic mass is 10.2. The molecule has 0 radical (unpaired) electrons. The first-order valence-corrected chi connectivity index (χ1v) is 7.91. The molecule has 128 valence electrons. The van der Waals surface area contributed by atoms with Crippen LogP contribution in [0.1, 0.15) is 5.69 Å². The van der Waals surface area contributed by atoms with Crippen molar-refractivity contribution in [1.82, 2.24) is 19.6 Å². The molecular formula is C18H14N6O2. The van der Waals surface area contributed by atoms with Gasteiger partial charge in [0, 0.05) is 23.4 Å². The van der Waals surface area contributed by atoms with Gasteiger partial charge in [0.2, 0.25) is 5.95 Å². The van der Waals surface area contributed by atoms with Crippen molar-refractivity contribution >= 4 is 22.8 Å². The van der Waals surface area contributed by atoms with Gasteiger partial charge in [-0.3, -0.25) is 10.1 Å². The number of hydrogen-bond acceptors (Lipinski definition) is 6. The Labute approximate surface area is 148 Å². The van der Waals surface area contributed by atoms with Crippen LogP contribution in [0, 0.1) is 17.0 Å². The summed E-state index contributed by atoms with van der Waals surface area (Å²) in [6.07, 6.45) is 1.70. The Morgan fingerprint density at radius 1 is 1.08 bits per heavy atom. The number of nitro groups is 1. The first kappa shape index (κ1) is 15.7. The topological polar surface area (TPSA) is 98.2 Å². The highest BCUT2D eigenvalue weighted by Crippen LogP contribution is 2.23. The SMILES string of the molecule is Cc1nc(-c2ccccc2)n2nc(Nc3ccc([N+](=O)[O-])cc3)ncc12. The monoisotopic (exact) mass is 346 g/mol. The molecule has 4 rings (SSSR count). The molecule has 0 amide bonds. The summed E-state index contributed by atoms with van der Waals surface area (Å²) in [5.41, 5.74) is 3.30. The molecule has 8 heteroatoms. The number of anilines is 2. The number of aryl methyl sites for hydroxylation is 1. The van der Waals surface area contributed by atoms with Crippen LogP contribution in [0.25, 0.3) is 16.9 Å². The Hall–Kier alpha value is -3.81. The third kappa shape index (κ3) is 2.84. The van der Waals surface area contributed by atoms with Crippen molar-refractivity contribution in [3.8, 4) is 11.4 Å². The summed E-state index contributed by atoms with van der Waals surface area (Å²) < 4.78 is 1.74. The molecule has 2 aromatic heterocycles. The smallest absolute Gasteiger partial charge is 0.269 e. The fourth-order valence-corrected chi connectivity index (χ4v) is 2.65. The number of nitrogens with one attached hydrogen (secondary N) is 1. The lowest BCUT2D eigenvalue weighted by molar-refractivity contribution is -0.384. The van der Waals surface area contributed by atoms with Crippen molar-refractivity contribution in [2.24, 2.45) is 0 Å². The molecule has 1 N–H and O–H groups in total. The average molecular weight is 346 g/mol. The number of aromatic nitrogens is 4. The van der Waals surface area contributed by atoms with E-state index >= 15 is 0 Å². The summed E-state index contributed by atoms with van der Waals surface area (Å²) in [5.74, 6) is 1.10. The molecule has 26 heavy (non-hydrogen) atoms. The van der Waals surface area contributed by atoms with E-state index < -0.39 is 4.92 Å². The predicted octanol–water partition coefficient (Wildman–Crippen LogP) is 3.75. The van der Waals surface area contributed by atoms with Crippen molar-refractivity contribution < 1.29 is 4.92 Å². The molecule has 4 aromatic rings. The largest absolute Gasteiger partial charge is 0.323 e. The summed E-state index contributed by atoms with van der Waals surface area (Å²) >= 11 is 0. The van der Waals surface area contributed by atoms with Crippen LogP contribution in [0.3, 0.4) is 0 Å². The second-order valence-corrected chi connectivity index (χ2v) is 5.69. The molecule has 8 nitrogen and oxygen atoms in total. The van der Waals surface area contributed by atoms with Crippen molar-refractivity contribution in [3.05, 3.63) is 76.6 Å². The minimum absolute atomic E-state index is 0.0310.